The van der Waals surface area contributed by atoms with E-state index in [-0.39, 0.29) is 34.2 Å². The summed E-state index contributed by atoms with van der Waals surface area (Å²) in [5.74, 6) is 1.64. The molecule has 2 fully saturated rings. The summed E-state index contributed by atoms with van der Waals surface area (Å²) in [6, 6.07) is 0.105. The third-order valence-corrected chi connectivity index (χ3v) is 7.27. The average Bonchev–Trinajstić information content (AvgIpc) is 2.97. The molecule has 2 heterocycles. The summed E-state index contributed by atoms with van der Waals surface area (Å²) in [6.45, 7) is 14.6. The zero-order valence-corrected chi connectivity index (χ0v) is 18.9. The average molecular weight is 398 g/mol. The minimum absolute atomic E-state index is 0.0364. The van der Waals surface area contributed by atoms with Gasteiger partial charge in [-0.3, -0.25) is 14.9 Å². The van der Waals surface area contributed by atoms with E-state index in [9.17, 15) is 9.59 Å². The van der Waals surface area contributed by atoms with Crippen molar-refractivity contribution in [2.24, 2.45) is 11.3 Å². The summed E-state index contributed by atoms with van der Waals surface area (Å²) < 4.78 is 0. The second-order valence-corrected chi connectivity index (χ2v) is 11.2. The van der Waals surface area contributed by atoms with Crippen molar-refractivity contribution >= 4 is 23.6 Å². The number of likely N-dealkylation sites (tertiary alicyclic amines) is 1. The van der Waals surface area contributed by atoms with Crippen LogP contribution in [0.4, 0.5) is 0 Å². The Morgan fingerprint density at radius 2 is 1.89 bits per heavy atom. The van der Waals surface area contributed by atoms with Gasteiger partial charge in [0.05, 0.1) is 10.9 Å². The van der Waals surface area contributed by atoms with Crippen molar-refractivity contribution in [3.63, 3.8) is 0 Å². The molecule has 2 saturated heterocycles. The lowest BCUT2D eigenvalue weighted by molar-refractivity contribution is -0.133. The minimum atomic E-state index is -0.113. The van der Waals surface area contributed by atoms with Crippen LogP contribution in [0, 0.1) is 11.3 Å². The molecule has 6 heteroatoms. The standard InChI is InChI=1S/C21H39N3O2S/c1-7-16(3)22-19(26)17-14-27-21(23-17)8-10-24(11-9-21)18(25)12-15(2)13-20(4,5)6/h15-17,23H,7-14H2,1-6H3,(H,22,26)/t15-,16-,17-/m1/s1. The van der Waals surface area contributed by atoms with Crippen LogP contribution in [0.1, 0.15) is 73.6 Å². The molecule has 0 aromatic carbocycles. The van der Waals surface area contributed by atoms with Crippen LogP contribution >= 0.6 is 11.8 Å². The van der Waals surface area contributed by atoms with E-state index in [0.29, 0.717) is 12.3 Å². The van der Waals surface area contributed by atoms with E-state index in [2.05, 4.69) is 45.3 Å². The highest BCUT2D eigenvalue weighted by Gasteiger charge is 2.44. The second kappa shape index (κ2) is 9.17. The summed E-state index contributed by atoms with van der Waals surface area (Å²) in [7, 11) is 0. The molecule has 27 heavy (non-hydrogen) atoms. The molecule has 5 nitrogen and oxygen atoms in total. The number of thioether (sulfide) groups is 1. The molecule has 0 saturated carbocycles. The zero-order valence-electron chi connectivity index (χ0n) is 18.1. The molecule has 2 aliphatic heterocycles. The number of carbonyl (C=O) groups excluding carboxylic acids is 2. The van der Waals surface area contributed by atoms with Crippen molar-refractivity contribution in [2.75, 3.05) is 18.8 Å². The van der Waals surface area contributed by atoms with E-state index in [4.69, 9.17) is 0 Å². The fourth-order valence-corrected chi connectivity index (χ4v) is 5.60. The quantitative estimate of drug-likeness (QED) is 0.721. The fraction of sp³-hybridized carbons (Fsp3) is 0.905. The summed E-state index contributed by atoms with van der Waals surface area (Å²) in [4.78, 5) is 27.0. The lowest BCUT2D eigenvalue weighted by atomic mass is 9.84. The Bertz CT molecular complexity index is 524. The Kier molecular flexibility index (Phi) is 7.65. The van der Waals surface area contributed by atoms with Crippen LogP contribution in [-0.4, -0.2) is 52.5 Å². The van der Waals surface area contributed by atoms with Gasteiger partial charge in [-0.15, -0.1) is 11.8 Å². The highest BCUT2D eigenvalue weighted by molar-refractivity contribution is 8.01. The van der Waals surface area contributed by atoms with E-state index in [1.807, 2.05) is 23.6 Å². The number of nitrogens with one attached hydrogen (secondary N) is 2. The predicted molar refractivity (Wildman–Crippen MR) is 114 cm³/mol. The maximum atomic E-state index is 12.7. The summed E-state index contributed by atoms with van der Waals surface area (Å²) >= 11 is 1.86. The van der Waals surface area contributed by atoms with Gasteiger partial charge in [0.1, 0.15) is 0 Å². The van der Waals surface area contributed by atoms with Gasteiger partial charge in [0.25, 0.3) is 0 Å². The lowest BCUT2D eigenvalue weighted by Crippen LogP contribution is -2.55. The van der Waals surface area contributed by atoms with Crippen LogP contribution in [-0.2, 0) is 9.59 Å². The van der Waals surface area contributed by atoms with Crippen molar-refractivity contribution in [1.29, 1.82) is 0 Å². The van der Waals surface area contributed by atoms with Crippen molar-refractivity contribution < 1.29 is 9.59 Å². The van der Waals surface area contributed by atoms with Gasteiger partial charge in [0, 0.05) is 31.3 Å². The van der Waals surface area contributed by atoms with Crippen molar-refractivity contribution in [3.05, 3.63) is 0 Å². The third kappa shape index (κ3) is 6.67. The van der Waals surface area contributed by atoms with E-state index in [1.165, 1.54) is 0 Å². The smallest absolute Gasteiger partial charge is 0.238 e. The van der Waals surface area contributed by atoms with Gasteiger partial charge in [-0.1, -0.05) is 34.6 Å². The molecule has 0 radical (unpaired) electrons. The van der Waals surface area contributed by atoms with Crippen LogP contribution < -0.4 is 10.6 Å². The molecular formula is C21H39N3O2S. The van der Waals surface area contributed by atoms with Gasteiger partial charge < -0.3 is 10.2 Å². The fourth-order valence-electron chi connectivity index (χ4n) is 4.18. The molecule has 0 unspecified atom stereocenters. The Hall–Kier alpha value is -0.750. The molecule has 0 aromatic rings. The maximum absolute atomic E-state index is 12.7. The molecule has 0 bridgehead atoms. The normalized spacial score (nSPS) is 24.7. The largest absolute Gasteiger partial charge is 0.352 e. The van der Waals surface area contributed by atoms with Crippen LogP contribution in [0.25, 0.3) is 0 Å². The molecule has 2 amide bonds. The third-order valence-electron chi connectivity index (χ3n) is 5.69. The van der Waals surface area contributed by atoms with Crippen LogP contribution in [0.5, 0.6) is 0 Å². The number of rotatable bonds is 6. The van der Waals surface area contributed by atoms with Crippen LogP contribution in [0.15, 0.2) is 0 Å². The Balaban J connectivity index is 1.79. The predicted octanol–water partition coefficient (Wildman–Crippen LogP) is 3.39. The van der Waals surface area contributed by atoms with Gasteiger partial charge in [-0.05, 0) is 43.9 Å². The van der Waals surface area contributed by atoms with Gasteiger partial charge in [0.15, 0.2) is 0 Å². The van der Waals surface area contributed by atoms with Crippen molar-refractivity contribution in [2.45, 2.75) is 90.6 Å². The van der Waals surface area contributed by atoms with Gasteiger partial charge >= 0.3 is 0 Å². The topological polar surface area (TPSA) is 61.4 Å². The van der Waals surface area contributed by atoms with Crippen LogP contribution in [0.2, 0.25) is 0 Å². The number of nitrogens with zero attached hydrogens (tertiary/aromatic N) is 1. The highest BCUT2D eigenvalue weighted by atomic mass is 32.2. The monoisotopic (exact) mass is 397 g/mol. The SMILES string of the molecule is CC[C@@H](C)NC(=O)[C@H]1CSC2(CCN(C(=O)C[C@@H](C)CC(C)(C)C)CC2)N1. The first-order valence-electron chi connectivity index (χ1n) is 10.5. The molecule has 2 rings (SSSR count). The molecule has 1 spiro atoms. The highest BCUT2D eigenvalue weighted by Crippen LogP contribution is 2.39. The number of hydrogen-bond donors (Lipinski definition) is 2. The first kappa shape index (κ1) is 22.5. The Morgan fingerprint density at radius 1 is 1.26 bits per heavy atom. The van der Waals surface area contributed by atoms with E-state index < -0.39 is 0 Å². The second-order valence-electron chi connectivity index (χ2n) is 9.77. The van der Waals surface area contributed by atoms with Crippen molar-refractivity contribution in [1.82, 2.24) is 15.5 Å². The number of piperidine rings is 1. The molecule has 2 aliphatic rings. The summed E-state index contributed by atoms with van der Waals surface area (Å²) in [5, 5.41) is 6.66. The molecular weight excluding hydrogens is 358 g/mol. The van der Waals surface area contributed by atoms with E-state index in [0.717, 1.165) is 44.5 Å². The van der Waals surface area contributed by atoms with Crippen LogP contribution in [0.3, 0.4) is 0 Å². The van der Waals surface area contributed by atoms with Gasteiger partial charge in [0.2, 0.25) is 11.8 Å². The van der Waals surface area contributed by atoms with Gasteiger partial charge in [-0.25, -0.2) is 0 Å². The Morgan fingerprint density at radius 3 is 2.44 bits per heavy atom. The molecule has 2 N–H and O–H groups in total. The number of amides is 2. The first-order valence-corrected chi connectivity index (χ1v) is 11.5. The minimum Gasteiger partial charge on any atom is -0.352 e. The lowest BCUT2D eigenvalue weighted by Gasteiger charge is -2.39. The maximum Gasteiger partial charge on any atom is 0.238 e. The molecule has 0 aromatic heterocycles. The number of carbonyl (C=O) groups is 2. The zero-order chi connectivity index (χ0) is 20.2. The van der Waals surface area contributed by atoms with E-state index >= 15 is 0 Å². The summed E-state index contributed by atoms with van der Waals surface area (Å²) in [5.41, 5.74) is 0.265. The molecule has 0 aliphatic carbocycles. The Labute approximate surface area is 169 Å². The van der Waals surface area contributed by atoms with Crippen molar-refractivity contribution in [3.8, 4) is 0 Å². The number of hydrogen-bond acceptors (Lipinski definition) is 4. The molecule has 3 atom stereocenters. The first-order chi connectivity index (χ1) is 12.5. The molecule has 156 valence electrons. The van der Waals surface area contributed by atoms with E-state index in [1.54, 1.807) is 0 Å². The van der Waals surface area contributed by atoms with Gasteiger partial charge in [-0.2, -0.15) is 0 Å². The summed E-state index contributed by atoms with van der Waals surface area (Å²) in [6.07, 6.45) is 4.50.